The molecule has 0 saturated carbocycles. The number of hydrogen-bond acceptors (Lipinski definition) is 6. The summed E-state index contributed by atoms with van der Waals surface area (Å²) >= 11 is 6.17. The van der Waals surface area contributed by atoms with E-state index in [1.165, 1.54) is 6.21 Å². The normalized spacial score (nSPS) is 10.6. The van der Waals surface area contributed by atoms with E-state index in [1.54, 1.807) is 61.5 Å². The van der Waals surface area contributed by atoms with Crippen LogP contribution in [0.4, 0.5) is 0 Å². The van der Waals surface area contributed by atoms with Crippen LogP contribution in [0.15, 0.2) is 77.9 Å². The van der Waals surface area contributed by atoms with Gasteiger partial charge in [0, 0.05) is 10.6 Å². The van der Waals surface area contributed by atoms with Gasteiger partial charge in [-0.2, -0.15) is 5.10 Å². The third kappa shape index (κ3) is 7.36. The number of hydrazone groups is 1. The molecule has 7 nitrogen and oxygen atoms in total. The summed E-state index contributed by atoms with van der Waals surface area (Å²) in [7, 11) is 0. The third-order valence-corrected chi connectivity index (χ3v) is 4.74. The molecule has 1 N–H and O–H groups in total. The average molecular weight is 467 g/mol. The number of carbonyl (C=O) groups excluding carboxylic acids is 2. The van der Waals surface area contributed by atoms with E-state index < -0.39 is 11.9 Å². The number of hydrogen-bond donors (Lipinski definition) is 1. The Labute approximate surface area is 196 Å². The molecule has 3 rings (SSSR count). The molecule has 3 aromatic rings. The highest BCUT2D eigenvalue weighted by Crippen LogP contribution is 2.22. The Morgan fingerprint density at radius 3 is 2.61 bits per heavy atom. The van der Waals surface area contributed by atoms with E-state index in [9.17, 15) is 9.59 Å². The summed E-state index contributed by atoms with van der Waals surface area (Å²) in [5.74, 6) is 0.0334. The fourth-order valence-electron chi connectivity index (χ4n) is 2.81. The second kappa shape index (κ2) is 12.3. The summed E-state index contributed by atoms with van der Waals surface area (Å²) in [6.07, 6.45) is 1.47. The van der Waals surface area contributed by atoms with E-state index in [-0.39, 0.29) is 13.2 Å². The van der Waals surface area contributed by atoms with Gasteiger partial charge >= 0.3 is 5.97 Å². The zero-order valence-corrected chi connectivity index (χ0v) is 18.7. The SMILES string of the molecule is CCOC(=O)COc1cccc(/C=N/NC(=O)c2ccccc2OCc2ccccc2Cl)c1. The molecule has 0 heterocycles. The molecule has 1 amide bonds. The molecule has 8 heteroatoms. The molecular weight excluding hydrogens is 444 g/mol. The fraction of sp³-hybridized carbons (Fsp3) is 0.160. The van der Waals surface area contributed by atoms with Crippen LogP contribution in [-0.4, -0.2) is 31.3 Å². The van der Waals surface area contributed by atoms with Crippen molar-refractivity contribution in [1.82, 2.24) is 5.43 Å². The second-order valence-electron chi connectivity index (χ2n) is 6.74. The van der Waals surface area contributed by atoms with Crippen LogP contribution < -0.4 is 14.9 Å². The maximum absolute atomic E-state index is 12.6. The molecule has 0 bridgehead atoms. The number of esters is 1. The molecule has 0 unspecified atom stereocenters. The lowest BCUT2D eigenvalue weighted by molar-refractivity contribution is -0.145. The molecule has 0 atom stereocenters. The Bertz CT molecular complexity index is 1130. The predicted molar refractivity (Wildman–Crippen MR) is 126 cm³/mol. The summed E-state index contributed by atoms with van der Waals surface area (Å²) in [4.78, 5) is 24.0. The Morgan fingerprint density at radius 2 is 1.79 bits per heavy atom. The van der Waals surface area contributed by atoms with E-state index >= 15 is 0 Å². The van der Waals surface area contributed by atoms with Gasteiger partial charge in [-0.25, -0.2) is 10.2 Å². The summed E-state index contributed by atoms with van der Waals surface area (Å²) in [6.45, 7) is 2.07. The minimum absolute atomic E-state index is 0.184. The first-order chi connectivity index (χ1) is 16.1. The zero-order valence-electron chi connectivity index (χ0n) is 18.0. The molecule has 0 spiro atoms. The smallest absolute Gasteiger partial charge is 0.344 e. The van der Waals surface area contributed by atoms with E-state index in [0.717, 1.165) is 5.56 Å². The highest BCUT2D eigenvalue weighted by molar-refractivity contribution is 6.31. The van der Waals surface area contributed by atoms with Crippen molar-refractivity contribution in [3.63, 3.8) is 0 Å². The van der Waals surface area contributed by atoms with Gasteiger partial charge in [-0.1, -0.05) is 54.1 Å². The monoisotopic (exact) mass is 466 g/mol. The lowest BCUT2D eigenvalue weighted by atomic mass is 10.2. The number of carbonyl (C=O) groups is 2. The van der Waals surface area contributed by atoms with Crippen LogP contribution in [0.1, 0.15) is 28.4 Å². The van der Waals surface area contributed by atoms with Crippen molar-refractivity contribution in [3.05, 3.63) is 94.5 Å². The van der Waals surface area contributed by atoms with Crippen molar-refractivity contribution in [2.24, 2.45) is 5.10 Å². The molecule has 0 aliphatic heterocycles. The van der Waals surface area contributed by atoms with Gasteiger partial charge < -0.3 is 14.2 Å². The van der Waals surface area contributed by atoms with Gasteiger partial charge in [-0.3, -0.25) is 4.79 Å². The lowest BCUT2D eigenvalue weighted by Crippen LogP contribution is -2.18. The second-order valence-corrected chi connectivity index (χ2v) is 7.15. The quantitative estimate of drug-likeness (QED) is 0.267. The molecule has 0 fully saturated rings. The predicted octanol–water partition coefficient (Wildman–Crippen LogP) is 4.62. The van der Waals surface area contributed by atoms with Crippen molar-refractivity contribution in [3.8, 4) is 11.5 Å². The van der Waals surface area contributed by atoms with Crippen LogP contribution in [0.2, 0.25) is 5.02 Å². The van der Waals surface area contributed by atoms with Gasteiger partial charge in [0.1, 0.15) is 18.1 Å². The van der Waals surface area contributed by atoms with Gasteiger partial charge in [-0.15, -0.1) is 0 Å². The fourth-order valence-corrected chi connectivity index (χ4v) is 3.00. The molecule has 0 aliphatic rings. The zero-order chi connectivity index (χ0) is 23.5. The standard InChI is InChI=1S/C25H23ClN2O5/c1-2-31-24(29)17-32-20-10-7-8-18(14-20)15-27-28-25(30)21-11-4-6-13-23(21)33-16-19-9-3-5-12-22(19)26/h3-15H,2,16-17H2,1H3,(H,28,30)/b27-15+. The summed E-state index contributed by atoms with van der Waals surface area (Å²) < 4.78 is 16.0. The maximum atomic E-state index is 12.6. The van der Waals surface area contributed by atoms with E-state index in [0.29, 0.717) is 34.3 Å². The van der Waals surface area contributed by atoms with Gasteiger partial charge in [0.05, 0.1) is 18.4 Å². The molecule has 0 aromatic heterocycles. The minimum atomic E-state index is -0.445. The van der Waals surface area contributed by atoms with Gasteiger partial charge in [0.25, 0.3) is 5.91 Å². The Kier molecular flexibility index (Phi) is 8.85. The number of amides is 1. The number of halogens is 1. The molecule has 0 aliphatic carbocycles. The lowest BCUT2D eigenvalue weighted by Gasteiger charge is -2.11. The Hall–Kier alpha value is -3.84. The van der Waals surface area contributed by atoms with E-state index in [1.807, 2.05) is 18.2 Å². The first-order valence-electron chi connectivity index (χ1n) is 10.2. The minimum Gasteiger partial charge on any atom is -0.488 e. The molecule has 3 aromatic carbocycles. The maximum Gasteiger partial charge on any atom is 0.344 e. The molecular formula is C25H23ClN2O5. The number of nitrogens with zero attached hydrogens (tertiary/aromatic N) is 1. The first-order valence-corrected chi connectivity index (χ1v) is 10.6. The van der Waals surface area contributed by atoms with Crippen LogP contribution in [0.3, 0.4) is 0 Å². The van der Waals surface area contributed by atoms with Crippen LogP contribution in [0, 0.1) is 0 Å². The summed E-state index contributed by atoms with van der Waals surface area (Å²) in [5, 5.41) is 4.60. The topological polar surface area (TPSA) is 86.2 Å². The van der Waals surface area contributed by atoms with E-state index in [2.05, 4.69) is 10.5 Å². The number of nitrogens with one attached hydrogen (secondary N) is 1. The number of para-hydroxylation sites is 1. The third-order valence-electron chi connectivity index (χ3n) is 4.37. The average Bonchev–Trinajstić information content (AvgIpc) is 2.83. The summed E-state index contributed by atoms with van der Waals surface area (Å²) in [5.41, 5.74) is 4.33. The van der Waals surface area contributed by atoms with E-state index in [4.69, 9.17) is 25.8 Å². The van der Waals surface area contributed by atoms with Crippen LogP contribution in [0.5, 0.6) is 11.5 Å². The van der Waals surface area contributed by atoms with Crippen molar-refractivity contribution in [2.75, 3.05) is 13.2 Å². The van der Waals surface area contributed by atoms with Crippen molar-refractivity contribution in [2.45, 2.75) is 13.5 Å². The highest BCUT2D eigenvalue weighted by atomic mass is 35.5. The van der Waals surface area contributed by atoms with Crippen molar-refractivity contribution >= 4 is 29.7 Å². The largest absolute Gasteiger partial charge is 0.488 e. The van der Waals surface area contributed by atoms with Crippen LogP contribution in [-0.2, 0) is 16.1 Å². The van der Waals surface area contributed by atoms with Crippen molar-refractivity contribution in [1.29, 1.82) is 0 Å². The number of ether oxygens (including phenoxy) is 3. The van der Waals surface area contributed by atoms with Crippen LogP contribution in [0.25, 0.3) is 0 Å². The Morgan fingerprint density at radius 1 is 1.00 bits per heavy atom. The molecule has 33 heavy (non-hydrogen) atoms. The number of rotatable bonds is 10. The first kappa shape index (κ1) is 23.8. The van der Waals surface area contributed by atoms with Gasteiger partial charge in [0.2, 0.25) is 0 Å². The highest BCUT2D eigenvalue weighted by Gasteiger charge is 2.12. The van der Waals surface area contributed by atoms with Gasteiger partial charge in [-0.05, 0) is 42.8 Å². The molecule has 0 saturated heterocycles. The van der Waals surface area contributed by atoms with Gasteiger partial charge in [0.15, 0.2) is 6.61 Å². The Balaban J connectivity index is 1.59. The molecule has 0 radical (unpaired) electrons. The van der Waals surface area contributed by atoms with Crippen LogP contribution >= 0.6 is 11.6 Å². The summed E-state index contributed by atoms with van der Waals surface area (Å²) in [6, 6.07) is 21.2. The number of benzene rings is 3. The van der Waals surface area contributed by atoms with Crippen molar-refractivity contribution < 1.29 is 23.8 Å². The molecule has 170 valence electrons.